The Morgan fingerprint density at radius 3 is 2.56 bits per heavy atom. The van der Waals surface area contributed by atoms with Gasteiger partial charge in [0, 0.05) is 24.7 Å². The van der Waals surface area contributed by atoms with Crippen LogP contribution in [0.25, 0.3) is 0 Å². The summed E-state index contributed by atoms with van der Waals surface area (Å²) in [5, 5.41) is 13.4. The van der Waals surface area contributed by atoms with Crippen molar-refractivity contribution in [3.8, 4) is 5.75 Å². The summed E-state index contributed by atoms with van der Waals surface area (Å²) in [6, 6.07) is 14.1. The number of nitrogens with zero attached hydrogens (tertiary/aromatic N) is 1. The number of morpholine rings is 1. The maximum Gasteiger partial charge on any atom is 0.255 e. The molecule has 1 aliphatic rings. The van der Waals surface area contributed by atoms with Crippen LogP contribution < -0.4 is 5.32 Å². The van der Waals surface area contributed by atoms with Gasteiger partial charge in [-0.05, 0) is 23.8 Å². The van der Waals surface area contributed by atoms with Gasteiger partial charge in [-0.1, -0.05) is 41.9 Å². The molecular weight excluding hydrogens is 340 g/mol. The number of carbonyl (C=O) groups excluding carboxylic acids is 1. The highest BCUT2D eigenvalue weighted by molar-refractivity contribution is 6.31. The van der Waals surface area contributed by atoms with Crippen molar-refractivity contribution in [2.45, 2.75) is 6.04 Å². The van der Waals surface area contributed by atoms with E-state index >= 15 is 0 Å². The van der Waals surface area contributed by atoms with Crippen molar-refractivity contribution >= 4 is 17.5 Å². The number of amides is 1. The van der Waals surface area contributed by atoms with Crippen LogP contribution in [-0.4, -0.2) is 48.8 Å². The molecule has 0 aromatic heterocycles. The van der Waals surface area contributed by atoms with Crippen LogP contribution >= 0.6 is 11.6 Å². The topological polar surface area (TPSA) is 61.8 Å². The fourth-order valence-corrected chi connectivity index (χ4v) is 3.28. The molecular formula is C19H21ClN2O3. The molecule has 0 aliphatic carbocycles. The van der Waals surface area contributed by atoms with E-state index in [1.54, 1.807) is 18.2 Å². The van der Waals surface area contributed by atoms with Crippen molar-refractivity contribution in [3.05, 3.63) is 64.7 Å². The molecule has 0 saturated carbocycles. The van der Waals surface area contributed by atoms with Crippen molar-refractivity contribution in [2.75, 3.05) is 32.8 Å². The molecule has 1 aliphatic heterocycles. The van der Waals surface area contributed by atoms with Crippen LogP contribution in [0.1, 0.15) is 22.0 Å². The largest absolute Gasteiger partial charge is 0.507 e. The third kappa shape index (κ3) is 4.31. The minimum Gasteiger partial charge on any atom is -0.507 e. The molecule has 1 heterocycles. The van der Waals surface area contributed by atoms with E-state index in [1.807, 2.05) is 24.3 Å². The summed E-state index contributed by atoms with van der Waals surface area (Å²) in [5.74, 6) is -0.330. The summed E-state index contributed by atoms with van der Waals surface area (Å²) in [5.41, 5.74) is 1.24. The van der Waals surface area contributed by atoms with E-state index in [0.29, 0.717) is 24.8 Å². The van der Waals surface area contributed by atoms with E-state index in [4.69, 9.17) is 16.3 Å². The van der Waals surface area contributed by atoms with E-state index in [1.165, 1.54) is 6.07 Å². The zero-order valence-electron chi connectivity index (χ0n) is 13.8. The van der Waals surface area contributed by atoms with Crippen LogP contribution in [0.2, 0.25) is 5.02 Å². The molecule has 132 valence electrons. The average Bonchev–Trinajstić information content (AvgIpc) is 2.64. The number of hydrogen-bond donors (Lipinski definition) is 2. The first kappa shape index (κ1) is 17.7. The van der Waals surface area contributed by atoms with Crippen LogP contribution in [0, 0.1) is 0 Å². The number of aromatic hydroxyl groups is 1. The fraction of sp³-hybridized carbons (Fsp3) is 0.316. The number of benzene rings is 2. The zero-order valence-corrected chi connectivity index (χ0v) is 14.6. The van der Waals surface area contributed by atoms with Crippen molar-refractivity contribution < 1.29 is 14.6 Å². The number of nitrogens with one attached hydrogen (secondary N) is 1. The maximum atomic E-state index is 12.4. The van der Waals surface area contributed by atoms with Gasteiger partial charge in [0.2, 0.25) is 0 Å². The molecule has 2 aromatic carbocycles. The van der Waals surface area contributed by atoms with Crippen LogP contribution in [0.5, 0.6) is 5.75 Å². The van der Waals surface area contributed by atoms with Crippen molar-refractivity contribution in [2.24, 2.45) is 0 Å². The number of carbonyl (C=O) groups is 1. The molecule has 2 aromatic rings. The Labute approximate surface area is 152 Å². The molecule has 1 saturated heterocycles. The maximum absolute atomic E-state index is 12.4. The highest BCUT2D eigenvalue weighted by Crippen LogP contribution is 2.28. The molecule has 0 spiro atoms. The van der Waals surface area contributed by atoms with Crippen LogP contribution in [0.15, 0.2) is 48.5 Å². The zero-order chi connectivity index (χ0) is 17.6. The Hall–Kier alpha value is -2.08. The van der Waals surface area contributed by atoms with Gasteiger partial charge in [0.05, 0.1) is 24.8 Å². The third-order valence-corrected chi connectivity index (χ3v) is 4.70. The highest BCUT2D eigenvalue weighted by atomic mass is 35.5. The van der Waals surface area contributed by atoms with E-state index in [-0.39, 0.29) is 23.3 Å². The predicted molar refractivity (Wildman–Crippen MR) is 97.0 cm³/mol. The van der Waals surface area contributed by atoms with Crippen molar-refractivity contribution in [1.29, 1.82) is 0 Å². The summed E-state index contributed by atoms with van der Waals surface area (Å²) >= 11 is 6.39. The number of hydrogen-bond acceptors (Lipinski definition) is 4. The SMILES string of the molecule is O=C(NC[C@@H](c1ccccc1Cl)N1CCOCC1)c1ccccc1O. The second-order valence-electron chi connectivity index (χ2n) is 5.91. The van der Waals surface area contributed by atoms with Crippen molar-refractivity contribution in [1.82, 2.24) is 10.2 Å². The Morgan fingerprint density at radius 2 is 1.84 bits per heavy atom. The molecule has 1 fully saturated rings. The Bertz CT molecular complexity index is 732. The lowest BCUT2D eigenvalue weighted by Gasteiger charge is -2.35. The molecule has 0 bridgehead atoms. The van der Waals surface area contributed by atoms with Gasteiger partial charge in [-0.2, -0.15) is 0 Å². The summed E-state index contributed by atoms with van der Waals surface area (Å²) in [6.07, 6.45) is 0. The average molecular weight is 361 g/mol. The molecule has 2 N–H and O–H groups in total. The fourth-order valence-electron chi connectivity index (χ4n) is 3.02. The molecule has 1 amide bonds. The molecule has 0 radical (unpaired) electrons. The molecule has 6 heteroatoms. The van der Waals surface area contributed by atoms with Crippen molar-refractivity contribution in [3.63, 3.8) is 0 Å². The third-order valence-electron chi connectivity index (χ3n) is 4.36. The molecule has 0 unspecified atom stereocenters. The first-order valence-electron chi connectivity index (χ1n) is 8.29. The summed E-state index contributed by atoms with van der Waals surface area (Å²) in [4.78, 5) is 14.7. The lowest BCUT2D eigenvalue weighted by molar-refractivity contribution is 0.0162. The lowest BCUT2D eigenvalue weighted by atomic mass is 10.0. The van der Waals surface area contributed by atoms with Gasteiger partial charge in [0.15, 0.2) is 0 Å². The Morgan fingerprint density at radius 1 is 1.16 bits per heavy atom. The normalized spacial score (nSPS) is 16.4. The van der Waals surface area contributed by atoms with Gasteiger partial charge in [0.1, 0.15) is 5.75 Å². The first-order chi connectivity index (χ1) is 12.2. The van der Waals surface area contributed by atoms with Gasteiger partial charge in [0.25, 0.3) is 5.91 Å². The Kier molecular flexibility index (Phi) is 5.91. The lowest BCUT2D eigenvalue weighted by Crippen LogP contribution is -2.44. The summed E-state index contributed by atoms with van der Waals surface area (Å²) in [7, 11) is 0. The van der Waals surface area contributed by atoms with E-state index in [9.17, 15) is 9.90 Å². The van der Waals surface area contributed by atoms with Crippen LogP contribution in [0.4, 0.5) is 0 Å². The molecule has 25 heavy (non-hydrogen) atoms. The van der Waals surface area contributed by atoms with Gasteiger partial charge in [-0.15, -0.1) is 0 Å². The number of para-hydroxylation sites is 1. The number of ether oxygens (including phenoxy) is 1. The van der Waals surface area contributed by atoms with Gasteiger partial charge in [-0.25, -0.2) is 0 Å². The standard InChI is InChI=1S/C19H21ClN2O3/c20-16-7-3-1-5-14(16)17(22-9-11-25-12-10-22)13-21-19(24)15-6-2-4-8-18(15)23/h1-8,17,23H,9-13H2,(H,21,24)/t17-/m0/s1. The van der Waals surface area contributed by atoms with Gasteiger partial charge in [-0.3, -0.25) is 9.69 Å². The van der Waals surface area contributed by atoms with Crippen LogP contribution in [-0.2, 0) is 4.74 Å². The van der Waals surface area contributed by atoms with Gasteiger partial charge >= 0.3 is 0 Å². The second-order valence-corrected chi connectivity index (χ2v) is 6.32. The summed E-state index contributed by atoms with van der Waals surface area (Å²) < 4.78 is 5.43. The van der Waals surface area contributed by atoms with Gasteiger partial charge < -0.3 is 15.2 Å². The van der Waals surface area contributed by atoms with E-state index in [2.05, 4.69) is 10.2 Å². The molecule has 3 rings (SSSR count). The minimum absolute atomic E-state index is 0.0272. The number of phenolic OH excluding ortho intramolecular Hbond substituents is 1. The first-order valence-corrected chi connectivity index (χ1v) is 8.67. The summed E-state index contributed by atoms with van der Waals surface area (Å²) in [6.45, 7) is 3.28. The molecule has 5 nitrogen and oxygen atoms in total. The monoisotopic (exact) mass is 360 g/mol. The smallest absolute Gasteiger partial charge is 0.255 e. The van der Waals surface area contributed by atoms with Crippen LogP contribution in [0.3, 0.4) is 0 Å². The molecule has 1 atom stereocenters. The van der Waals surface area contributed by atoms with E-state index in [0.717, 1.165) is 18.7 Å². The second kappa shape index (κ2) is 8.34. The van der Waals surface area contributed by atoms with E-state index < -0.39 is 0 Å². The quantitative estimate of drug-likeness (QED) is 0.860. The number of halogens is 1. The Balaban J connectivity index is 1.77. The minimum atomic E-state index is -0.302. The number of rotatable bonds is 5. The highest BCUT2D eigenvalue weighted by Gasteiger charge is 2.25. The number of phenols is 1. The predicted octanol–water partition coefficient (Wildman–Crippen LogP) is 2.85.